The van der Waals surface area contributed by atoms with Crippen LogP contribution in [-0.4, -0.2) is 17.6 Å². The Labute approximate surface area is 93.7 Å². The molecule has 0 aliphatic heterocycles. The quantitative estimate of drug-likeness (QED) is 0.814. The van der Waals surface area contributed by atoms with Crippen LogP contribution in [0, 0.1) is 0 Å². The van der Waals surface area contributed by atoms with Gasteiger partial charge >= 0.3 is 0 Å². The van der Waals surface area contributed by atoms with Gasteiger partial charge in [-0.3, -0.25) is 4.79 Å². The second kappa shape index (κ2) is 4.77. The van der Waals surface area contributed by atoms with E-state index in [-0.39, 0.29) is 5.91 Å². The molecule has 0 heterocycles. The summed E-state index contributed by atoms with van der Waals surface area (Å²) in [6, 6.07) is 14.1. The first-order chi connectivity index (χ1) is 7.79. The van der Waals surface area contributed by atoms with Crippen LogP contribution in [0.3, 0.4) is 0 Å². The lowest BCUT2D eigenvalue weighted by molar-refractivity contribution is -0.123. The van der Waals surface area contributed by atoms with Crippen molar-refractivity contribution in [2.24, 2.45) is 0 Å². The number of aliphatic hydroxyl groups excluding tert-OH is 1. The van der Waals surface area contributed by atoms with E-state index in [0.29, 0.717) is 6.54 Å². The van der Waals surface area contributed by atoms with Crippen molar-refractivity contribution in [3.8, 4) is 0 Å². The third-order valence-electron chi connectivity index (χ3n) is 2.45. The number of aliphatic hydroxyl groups is 1. The van der Waals surface area contributed by atoms with E-state index >= 15 is 0 Å². The molecule has 2 aromatic rings. The Morgan fingerprint density at radius 1 is 1.12 bits per heavy atom. The van der Waals surface area contributed by atoms with Crippen molar-refractivity contribution in [3.05, 3.63) is 48.0 Å². The smallest absolute Gasteiger partial charge is 0.245 e. The molecule has 0 radical (unpaired) electrons. The van der Waals surface area contributed by atoms with E-state index in [9.17, 15) is 4.79 Å². The van der Waals surface area contributed by atoms with E-state index in [1.807, 2.05) is 42.5 Å². The Kier molecular flexibility index (Phi) is 3.17. The lowest BCUT2D eigenvalue weighted by atomic mass is 10.1. The SMILES string of the molecule is O=C(CO)NCc1ccc2ccccc2c1. The van der Waals surface area contributed by atoms with Gasteiger partial charge in [0.25, 0.3) is 0 Å². The Morgan fingerprint density at radius 2 is 1.88 bits per heavy atom. The first-order valence-electron chi connectivity index (χ1n) is 5.15. The number of hydrogen-bond acceptors (Lipinski definition) is 2. The number of benzene rings is 2. The summed E-state index contributed by atoms with van der Waals surface area (Å²) in [5.41, 5.74) is 1.03. The maximum atomic E-state index is 10.9. The summed E-state index contributed by atoms with van der Waals surface area (Å²) in [5, 5.41) is 13.5. The zero-order valence-electron chi connectivity index (χ0n) is 8.81. The van der Waals surface area contributed by atoms with Crippen LogP contribution in [0.5, 0.6) is 0 Å². The fourth-order valence-corrected chi connectivity index (χ4v) is 1.61. The van der Waals surface area contributed by atoms with Crippen LogP contribution in [0.2, 0.25) is 0 Å². The molecule has 3 heteroatoms. The minimum Gasteiger partial charge on any atom is -0.387 e. The van der Waals surface area contributed by atoms with E-state index in [1.54, 1.807) is 0 Å². The van der Waals surface area contributed by atoms with Gasteiger partial charge in [-0.25, -0.2) is 0 Å². The molecule has 2 N–H and O–H groups in total. The minimum atomic E-state index is -0.465. The Morgan fingerprint density at radius 3 is 2.62 bits per heavy atom. The lowest BCUT2D eigenvalue weighted by Gasteiger charge is -2.05. The highest BCUT2D eigenvalue weighted by atomic mass is 16.3. The Hall–Kier alpha value is -1.87. The summed E-state index contributed by atoms with van der Waals surface area (Å²) in [6.07, 6.45) is 0. The second-order valence-electron chi connectivity index (χ2n) is 3.62. The predicted molar refractivity (Wildman–Crippen MR) is 62.9 cm³/mol. The van der Waals surface area contributed by atoms with Crippen molar-refractivity contribution in [3.63, 3.8) is 0 Å². The van der Waals surface area contributed by atoms with Gasteiger partial charge in [-0.15, -0.1) is 0 Å². The number of carbonyl (C=O) groups is 1. The maximum Gasteiger partial charge on any atom is 0.245 e. The molecule has 0 saturated heterocycles. The van der Waals surface area contributed by atoms with E-state index in [4.69, 9.17) is 5.11 Å². The first-order valence-corrected chi connectivity index (χ1v) is 5.15. The topological polar surface area (TPSA) is 49.3 Å². The summed E-state index contributed by atoms with van der Waals surface area (Å²) >= 11 is 0. The largest absolute Gasteiger partial charge is 0.387 e. The average Bonchev–Trinajstić information content (AvgIpc) is 2.35. The monoisotopic (exact) mass is 215 g/mol. The number of hydrogen-bond donors (Lipinski definition) is 2. The standard InChI is InChI=1S/C13H13NO2/c15-9-13(16)14-8-10-5-6-11-3-1-2-4-12(11)7-10/h1-7,15H,8-9H2,(H,14,16). The van der Waals surface area contributed by atoms with Crippen molar-refractivity contribution in [1.82, 2.24) is 5.32 Å². The molecule has 0 saturated carbocycles. The molecule has 0 aromatic heterocycles. The molecule has 82 valence electrons. The van der Waals surface area contributed by atoms with Crippen LogP contribution in [0.25, 0.3) is 10.8 Å². The van der Waals surface area contributed by atoms with Gasteiger partial charge in [-0.1, -0.05) is 36.4 Å². The van der Waals surface area contributed by atoms with Crippen LogP contribution in [0.1, 0.15) is 5.56 Å². The average molecular weight is 215 g/mol. The van der Waals surface area contributed by atoms with Crippen LogP contribution in [0.4, 0.5) is 0 Å². The van der Waals surface area contributed by atoms with E-state index < -0.39 is 6.61 Å². The third kappa shape index (κ3) is 2.38. The fourth-order valence-electron chi connectivity index (χ4n) is 1.61. The normalized spacial score (nSPS) is 10.3. The highest BCUT2D eigenvalue weighted by Crippen LogP contribution is 2.15. The van der Waals surface area contributed by atoms with Gasteiger partial charge in [0.05, 0.1) is 0 Å². The van der Waals surface area contributed by atoms with Crippen molar-refractivity contribution in [2.45, 2.75) is 6.54 Å². The van der Waals surface area contributed by atoms with Gasteiger partial charge in [0.15, 0.2) is 0 Å². The molecule has 0 aliphatic carbocycles. The Bertz CT molecular complexity index is 508. The molecule has 1 amide bonds. The molecular formula is C13H13NO2. The summed E-state index contributed by atoms with van der Waals surface area (Å²) < 4.78 is 0. The van der Waals surface area contributed by atoms with Gasteiger partial charge in [0.2, 0.25) is 5.91 Å². The van der Waals surface area contributed by atoms with Crippen molar-refractivity contribution < 1.29 is 9.90 Å². The van der Waals surface area contributed by atoms with E-state index in [0.717, 1.165) is 10.9 Å². The number of nitrogens with one attached hydrogen (secondary N) is 1. The summed E-state index contributed by atoms with van der Waals surface area (Å²) in [4.78, 5) is 10.9. The molecule has 16 heavy (non-hydrogen) atoms. The maximum absolute atomic E-state index is 10.9. The highest BCUT2D eigenvalue weighted by Gasteiger charge is 1.99. The molecule has 2 rings (SSSR count). The fraction of sp³-hybridized carbons (Fsp3) is 0.154. The molecular weight excluding hydrogens is 202 g/mol. The predicted octanol–water partition coefficient (Wildman–Crippen LogP) is 1.45. The summed E-state index contributed by atoms with van der Waals surface area (Å²) in [6.45, 7) is -0.0161. The Balaban J connectivity index is 2.16. The van der Waals surface area contributed by atoms with Crippen molar-refractivity contribution in [1.29, 1.82) is 0 Å². The van der Waals surface area contributed by atoms with Crippen molar-refractivity contribution in [2.75, 3.05) is 6.61 Å². The number of rotatable bonds is 3. The highest BCUT2D eigenvalue weighted by molar-refractivity contribution is 5.83. The lowest BCUT2D eigenvalue weighted by Crippen LogP contribution is -2.25. The van der Waals surface area contributed by atoms with E-state index in [2.05, 4.69) is 5.32 Å². The van der Waals surface area contributed by atoms with E-state index in [1.165, 1.54) is 5.39 Å². The zero-order chi connectivity index (χ0) is 11.4. The van der Waals surface area contributed by atoms with Crippen LogP contribution in [0.15, 0.2) is 42.5 Å². The molecule has 0 atom stereocenters. The minimum absolute atomic E-state index is 0.354. The second-order valence-corrected chi connectivity index (χ2v) is 3.62. The van der Waals surface area contributed by atoms with Crippen LogP contribution >= 0.6 is 0 Å². The van der Waals surface area contributed by atoms with Gasteiger partial charge in [-0.2, -0.15) is 0 Å². The molecule has 0 bridgehead atoms. The number of carbonyl (C=O) groups excluding carboxylic acids is 1. The van der Waals surface area contributed by atoms with Crippen LogP contribution < -0.4 is 5.32 Å². The zero-order valence-corrected chi connectivity index (χ0v) is 8.81. The first kappa shape index (κ1) is 10.6. The number of fused-ring (bicyclic) bond motifs is 1. The molecule has 3 nitrogen and oxygen atoms in total. The van der Waals surface area contributed by atoms with Gasteiger partial charge in [-0.05, 0) is 22.4 Å². The molecule has 0 aliphatic rings. The van der Waals surface area contributed by atoms with Gasteiger partial charge in [0, 0.05) is 6.54 Å². The van der Waals surface area contributed by atoms with Crippen molar-refractivity contribution >= 4 is 16.7 Å². The number of amides is 1. The van der Waals surface area contributed by atoms with Crippen LogP contribution in [-0.2, 0) is 11.3 Å². The van der Waals surface area contributed by atoms with Gasteiger partial charge < -0.3 is 10.4 Å². The molecule has 0 fully saturated rings. The molecule has 2 aromatic carbocycles. The summed E-state index contributed by atoms with van der Waals surface area (Å²) in [5.74, 6) is -0.354. The molecule has 0 unspecified atom stereocenters. The van der Waals surface area contributed by atoms with Gasteiger partial charge in [0.1, 0.15) is 6.61 Å². The summed E-state index contributed by atoms with van der Waals surface area (Å²) in [7, 11) is 0. The third-order valence-corrected chi connectivity index (χ3v) is 2.45. The molecule has 0 spiro atoms.